The molecule has 9 heteroatoms. The molecule has 2 unspecified atom stereocenters. The lowest BCUT2D eigenvalue weighted by Gasteiger charge is -2.31. The molecule has 0 aliphatic carbocycles. The number of carbonyl (C=O) groups excluding carboxylic acids is 1. The second-order valence-electron chi connectivity index (χ2n) is 7.39. The maximum absolute atomic E-state index is 13.0. The number of aryl methyl sites for hydroxylation is 1. The van der Waals surface area contributed by atoms with Crippen LogP contribution in [0.15, 0.2) is 53.4 Å². The molecular formula is C21H28N2O5S2. The molecular weight excluding hydrogens is 424 g/mol. The Balaban J connectivity index is 2.28. The number of benzene rings is 2. The Kier molecular flexibility index (Phi) is 7.31. The third-order valence-corrected chi connectivity index (χ3v) is 7.09. The highest BCUT2D eigenvalue weighted by molar-refractivity contribution is 7.92. The fraction of sp³-hybridized carbons (Fsp3) is 0.381. The van der Waals surface area contributed by atoms with E-state index in [4.69, 9.17) is 0 Å². The van der Waals surface area contributed by atoms with Crippen molar-refractivity contribution in [2.24, 2.45) is 0 Å². The van der Waals surface area contributed by atoms with Crippen LogP contribution in [0.2, 0.25) is 0 Å². The summed E-state index contributed by atoms with van der Waals surface area (Å²) in [5, 5.41) is 2.84. The van der Waals surface area contributed by atoms with Gasteiger partial charge in [0.25, 0.3) is 0 Å². The first-order chi connectivity index (χ1) is 13.8. The van der Waals surface area contributed by atoms with Crippen LogP contribution in [-0.2, 0) is 24.7 Å². The molecule has 7 nitrogen and oxygen atoms in total. The largest absolute Gasteiger partial charge is 0.348 e. The van der Waals surface area contributed by atoms with E-state index in [-0.39, 0.29) is 11.3 Å². The molecule has 0 aliphatic rings. The molecule has 1 amide bonds. The molecule has 30 heavy (non-hydrogen) atoms. The van der Waals surface area contributed by atoms with Crippen LogP contribution in [0.1, 0.15) is 37.4 Å². The van der Waals surface area contributed by atoms with E-state index in [0.29, 0.717) is 11.3 Å². The topological polar surface area (TPSA) is 101 Å². The normalized spacial score (nSPS) is 14.0. The third kappa shape index (κ3) is 5.82. The zero-order valence-corrected chi connectivity index (χ0v) is 19.4. The quantitative estimate of drug-likeness (QED) is 0.664. The van der Waals surface area contributed by atoms with E-state index in [1.165, 1.54) is 12.1 Å². The minimum absolute atomic E-state index is 0.193. The van der Waals surface area contributed by atoms with Gasteiger partial charge in [0.05, 0.1) is 22.9 Å². The van der Waals surface area contributed by atoms with Gasteiger partial charge in [-0.3, -0.25) is 9.10 Å². The Labute approximate surface area is 179 Å². The van der Waals surface area contributed by atoms with E-state index < -0.39 is 37.9 Å². The highest BCUT2D eigenvalue weighted by Crippen LogP contribution is 2.24. The molecule has 0 bridgehead atoms. The van der Waals surface area contributed by atoms with Gasteiger partial charge in [0.15, 0.2) is 9.84 Å². The number of nitrogens with zero attached hydrogens (tertiary/aromatic N) is 1. The van der Waals surface area contributed by atoms with Crippen molar-refractivity contribution in [3.63, 3.8) is 0 Å². The predicted octanol–water partition coefficient (Wildman–Crippen LogP) is 2.82. The Morgan fingerprint density at radius 3 is 1.93 bits per heavy atom. The molecule has 0 aliphatic heterocycles. The molecule has 1 N–H and O–H groups in total. The molecule has 2 aromatic rings. The van der Waals surface area contributed by atoms with Crippen LogP contribution in [0.3, 0.4) is 0 Å². The van der Waals surface area contributed by atoms with Crippen molar-refractivity contribution in [3.05, 3.63) is 59.7 Å². The summed E-state index contributed by atoms with van der Waals surface area (Å²) in [7, 11) is -7.01. The van der Waals surface area contributed by atoms with Gasteiger partial charge in [0, 0.05) is 6.26 Å². The van der Waals surface area contributed by atoms with E-state index in [1.807, 2.05) is 6.92 Å². The Hall–Kier alpha value is -2.39. The number of amides is 1. The fourth-order valence-corrected chi connectivity index (χ4v) is 4.99. The highest BCUT2D eigenvalue weighted by Gasteiger charge is 2.32. The van der Waals surface area contributed by atoms with Gasteiger partial charge in [-0.2, -0.15) is 0 Å². The van der Waals surface area contributed by atoms with Crippen LogP contribution in [0.5, 0.6) is 0 Å². The van der Waals surface area contributed by atoms with Gasteiger partial charge >= 0.3 is 0 Å². The maximum Gasteiger partial charge on any atom is 0.244 e. The van der Waals surface area contributed by atoms with Crippen LogP contribution in [-0.4, -0.2) is 41.3 Å². The number of anilines is 1. The number of rotatable bonds is 8. The number of hydrogen-bond acceptors (Lipinski definition) is 5. The molecule has 0 saturated carbocycles. The van der Waals surface area contributed by atoms with Crippen LogP contribution in [0.4, 0.5) is 5.69 Å². The zero-order chi connectivity index (χ0) is 22.7. The van der Waals surface area contributed by atoms with Crippen molar-refractivity contribution in [2.45, 2.75) is 44.2 Å². The van der Waals surface area contributed by atoms with Crippen molar-refractivity contribution >= 4 is 31.5 Å². The highest BCUT2D eigenvalue weighted by atomic mass is 32.2. The van der Waals surface area contributed by atoms with Crippen LogP contribution >= 0.6 is 0 Å². The maximum atomic E-state index is 13.0. The minimum atomic E-state index is -3.70. The van der Waals surface area contributed by atoms with Gasteiger partial charge in [-0.05, 0) is 50.1 Å². The number of nitrogens with one attached hydrogen (secondary N) is 1. The summed E-state index contributed by atoms with van der Waals surface area (Å²) in [6, 6.07) is 11.8. The Bertz CT molecular complexity index is 1090. The average molecular weight is 453 g/mol. The third-order valence-electron chi connectivity index (χ3n) is 4.79. The first-order valence-electron chi connectivity index (χ1n) is 9.51. The predicted molar refractivity (Wildman–Crippen MR) is 119 cm³/mol. The van der Waals surface area contributed by atoms with Crippen LogP contribution < -0.4 is 9.62 Å². The molecule has 0 fully saturated rings. The smallest absolute Gasteiger partial charge is 0.244 e. The lowest BCUT2D eigenvalue weighted by molar-refractivity contribution is -0.122. The van der Waals surface area contributed by atoms with Crippen LogP contribution in [0.25, 0.3) is 0 Å². The molecule has 2 rings (SSSR count). The first kappa shape index (κ1) is 23.9. The van der Waals surface area contributed by atoms with Crippen molar-refractivity contribution in [1.29, 1.82) is 0 Å². The lowest BCUT2D eigenvalue weighted by Crippen LogP contribution is -2.49. The second kappa shape index (κ2) is 9.18. The van der Waals surface area contributed by atoms with E-state index in [0.717, 1.165) is 22.4 Å². The molecule has 0 aromatic heterocycles. The summed E-state index contributed by atoms with van der Waals surface area (Å²) in [6.45, 7) is 5.41. The lowest BCUT2D eigenvalue weighted by atomic mass is 10.1. The molecule has 0 spiro atoms. The van der Waals surface area contributed by atoms with Crippen molar-refractivity contribution in [2.75, 3.05) is 16.8 Å². The van der Waals surface area contributed by atoms with Crippen molar-refractivity contribution in [1.82, 2.24) is 5.32 Å². The number of sulfonamides is 1. The summed E-state index contributed by atoms with van der Waals surface area (Å²) in [4.78, 5) is 13.2. The minimum Gasteiger partial charge on any atom is -0.348 e. The van der Waals surface area contributed by atoms with Crippen molar-refractivity contribution in [3.8, 4) is 0 Å². The summed E-state index contributed by atoms with van der Waals surface area (Å²) in [5.41, 5.74) is 2.12. The summed E-state index contributed by atoms with van der Waals surface area (Å²) in [6.07, 6.45) is 2.49. The van der Waals surface area contributed by atoms with Crippen LogP contribution in [0, 0.1) is 6.92 Å². The van der Waals surface area contributed by atoms with Gasteiger partial charge in [-0.25, -0.2) is 16.8 Å². The second-order valence-corrected chi connectivity index (χ2v) is 11.3. The van der Waals surface area contributed by atoms with E-state index >= 15 is 0 Å². The molecule has 2 aromatic carbocycles. The summed E-state index contributed by atoms with van der Waals surface area (Å²) in [5.74, 6) is -0.428. The zero-order valence-electron chi connectivity index (χ0n) is 17.8. The van der Waals surface area contributed by atoms with Gasteiger partial charge in [0.2, 0.25) is 15.9 Å². The van der Waals surface area contributed by atoms with Gasteiger partial charge in [0.1, 0.15) is 6.04 Å². The Morgan fingerprint density at radius 1 is 0.967 bits per heavy atom. The fourth-order valence-electron chi connectivity index (χ4n) is 3.15. The molecule has 2 atom stereocenters. The van der Waals surface area contributed by atoms with E-state index in [2.05, 4.69) is 5.32 Å². The summed E-state index contributed by atoms with van der Waals surface area (Å²) < 4.78 is 49.4. The molecule has 0 saturated heterocycles. The molecule has 0 heterocycles. The molecule has 164 valence electrons. The van der Waals surface area contributed by atoms with Gasteiger partial charge in [-0.15, -0.1) is 0 Å². The molecule has 0 radical (unpaired) electrons. The summed E-state index contributed by atoms with van der Waals surface area (Å²) >= 11 is 0. The monoisotopic (exact) mass is 452 g/mol. The average Bonchev–Trinajstić information content (AvgIpc) is 2.65. The SMILES string of the molecule is CCC(C(=O)NC(C)c1ccc(S(C)(=O)=O)cc1)N(c1ccc(C)cc1)S(C)(=O)=O. The number of sulfone groups is 1. The van der Waals surface area contributed by atoms with E-state index in [9.17, 15) is 21.6 Å². The number of hydrogen-bond donors (Lipinski definition) is 1. The Morgan fingerprint density at radius 2 is 1.50 bits per heavy atom. The first-order valence-corrected chi connectivity index (χ1v) is 13.2. The number of carbonyl (C=O) groups is 1. The van der Waals surface area contributed by atoms with Gasteiger partial charge in [-0.1, -0.05) is 36.8 Å². The van der Waals surface area contributed by atoms with Crippen molar-refractivity contribution < 1.29 is 21.6 Å². The standard InChI is InChI=1S/C21H28N2O5S2/c1-6-20(23(30(5,27)28)18-11-7-15(2)8-12-18)21(24)22-16(3)17-9-13-19(14-10-17)29(4,25)26/h7-14,16,20H,6H2,1-5H3,(H,22,24). The van der Waals surface area contributed by atoms with Gasteiger partial charge < -0.3 is 5.32 Å². The van der Waals surface area contributed by atoms with E-state index in [1.54, 1.807) is 50.2 Å².